The maximum atomic E-state index is 13.0. The molecular formula is C23H23FN4O3S2. The number of aromatic nitrogens is 2. The lowest BCUT2D eigenvalue weighted by molar-refractivity contribution is -0.129. The number of hydrogen-bond acceptors (Lipinski definition) is 8. The second-order valence-corrected chi connectivity index (χ2v) is 9.99. The highest BCUT2D eigenvalue weighted by Gasteiger charge is 2.31. The molecule has 1 fully saturated rings. The predicted octanol–water partition coefficient (Wildman–Crippen LogP) is 4.52. The van der Waals surface area contributed by atoms with Gasteiger partial charge in [-0.2, -0.15) is 0 Å². The summed E-state index contributed by atoms with van der Waals surface area (Å²) in [6.07, 6.45) is 1.91. The maximum Gasteiger partial charge on any atom is 0.233 e. The predicted molar refractivity (Wildman–Crippen MR) is 125 cm³/mol. The molecule has 2 aliphatic rings. The first-order valence-electron chi connectivity index (χ1n) is 10.8. The van der Waals surface area contributed by atoms with Crippen molar-refractivity contribution in [1.82, 2.24) is 15.1 Å². The number of ether oxygens (including phenoxy) is 2. The zero-order valence-corrected chi connectivity index (χ0v) is 19.5. The van der Waals surface area contributed by atoms with Crippen LogP contribution in [0.15, 0.2) is 46.8 Å². The summed E-state index contributed by atoms with van der Waals surface area (Å²) in [7, 11) is 0. The quantitative estimate of drug-likeness (QED) is 0.492. The number of anilines is 1. The molecule has 1 N–H and O–H groups in total. The van der Waals surface area contributed by atoms with Gasteiger partial charge in [-0.15, -0.1) is 10.2 Å². The number of carbonyl (C=O) groups is 1. The van der Waals surface area contributed by atoms with Gasteiger partial charge in [0.2, 0.25) is 11.0 Å². The Hall–Kier alpha value is -2.85. The Labute approximate surface area is 199 Å². The lowest BCUT2D eigenvalue weighted by Gasteiger charge is -2.26. The molecule has 1 saturated heterocycles. The molecule has 3 heterocycles. The Bertz CT molecular complexity index is 1130. The van der Waals surface area contributed by atoms with E-state index in [2.05, 4.69) is 15.5 Å². The molecular weight excluding hydrogens is 463 g/mol. The molecule has 0 radical (unpaired) electrons. The molecule has 1 aromatic heterocycles. The minimum atomic E-state index is -0.257. The molecule has 1 atom stereocenters. The Morgan fingerprint density at radius 3 is 2.82 bits per heavy atom. The van der Waals surface area contributed by atoms with Crippen molar-refractivity contribution in [3.05, 3.63) is 59.4 Å². The topological polar surface area (TPSA) is 76.6 Å². The molecule has 10 heteroatoms. The SMILES string of the molecule is O=C(CSc1nnc(NCc2ccc(F)cc2)s1)N1CCC[C@H]1c1ccc2c(c1)OCCO2. The zero-order valence-electron chi connectivity index (χ0n) is 17.8. The second-order valence-electron chi connectivity index (χ2n) is 7.79. The number of thioether (sulfide) groups is 1. The van der Waals surface area contributed by atoms with Gasteiger partial charge < -0.3 is 19.7 Å². The van der Waals surface area contributed by atoms with Crippen LogP contribution in [0.1, 0.15) is 30.0 Å². The van der Waals surface area contributed by atoms with E-state index in [0.717, 1.165) is 46.4 Å². The summed E-state index contributed by atoms with van der Waals surface area (Å²) >= 11 is 2.81. The Balaban J connectivity index is 1.16. The fourth-order valence-electron chi connectivity index (χ4n) is 4.00. The first kappa shape index (κ1) is 22.0. The van der Waals surface area contributed by atoms with Crippen LogP contribution in [0, 0.1) is 5.82 Å². The van der Waals surface area contributed by atoms with E-state index in [0.29, 0.717) is 30.6 Å². The summed E-state index contributed by atoms with van der Waals surface area (Å²) in [6, 6.07) is 12.3. The highest BCUT2D eigenvalue weighted by Crippen LogP contribution is 2.38. The van der Waals surface area contributed by atoms with E-state index in [1.54, 1.807) is 12.1 Å². The van der Waals surface area contributed by atoms with Gasteiger partial charge in [-0.05, 0) is 48.2 Å². The third-order valence-electron chi connectivity index (χ3n) is 5.61. The number of amides is 1. The monoisotopic (exact) mass is 486 g/mol. The zero-order chi connectivity index (χ0) is 22.6. The van der Waals surface area contributed by atoms with Gasteiger partial charge in [-0.1, -0.05) is 41.3 Å². The van der Waals surface area contributed by atoms with E-state index in [1.165, 1.54) is 35.2 Å². The average Bonchev–Trinajstić information content (AvgIpc) is 3.52. The Kier molecular flexibility index (Phi) is 6.63. The summed E-state index contributed by atoms with van der Waals surface area (Å²) in [5.41, 5.74) is 2.04. The molecule has 0 spiro atoms. The first-order chi connectivity index (χ1) is 16.2. The van der Waals surface area contributed by atoms with Gasteiger partial charge in [-0.25, -0.2) is 4.39 Å². The average molecular weight is 487 g/mol. The lowest BCUT2D eigenvalue weighted by Crippen LogP contribution is -2.32. The highest BCUT2D eigenvalue weighted by atomic mass is 32.2. The molecule has 0 saturated carbocycles. The lowest BCUT2D eigenvalue weighted by atomic mass is 10.0. The number of carbonyl (C=O) groups excluding carboxylic acids is 1. The van der Waals surface area contributed by atoms with Crippen molar-refractivity contribution in [2.45, 2.75) is 29.8 Å². The third-order valence-corrected chi connectivity index (χ3v) is 7.61. The van der Waals surface area contributed by atoms with Gasteiger partial charge in [-0.3, -0.25) is 4.79 Å². The first-order valence-corrected chi connectivity index (χ1v) is 12.6. The number of halogens is 1. The molecule has 33 heavy (non-hydrogen) atoms. The van der Waals surface area contributed by atoms with Crippen LogP contribution in [0.4, 0.5) is 9.52 Å². The smallest absolute Gasteiger partial charge is 0.233 e. The maximum absolute atomic E-state index is 13.0. The second kappa shape index (κ2) is 9.96. The van der Waals surface area contributed by atoms with Crippen LogP contribution in [-0.2, 0) is 11.3 Å². The van der Waals surface area contributed by atoms with Crippen molar-refractivity contribution in [1.29, 1.82) is 0 Å². The fraction of sp³-hybridized carbons (Fsp3) is 0.348. The van der Waals surface area contributed by atoms with Gasteiger partial charge in [0.1, 0.15) is 19.0 Å². The van der Waals surface area contributed by atoms with Gasteiger partial charge in [0, 0.05) is 13.1 Å². The van der Waals surface area contributed by atoms with Crippen LogP contribution in [0.25, 0.3) is 0 Å². The van der Waals surface area contributed by atoms with Crippen LogP contribution >= 0.6 is 23.1 Å². The molecule has 0 unspecified atom stereocenters. The van der Waals surface area contributed by atoms with Crippen LogP contribution in [0.3, 0.4) is 0 Å². The normalized spacial score (nSPS) is 17.2. The molecule has 3 aromatic rings. The minimum Gasteiger partial charge on any atom is -0.486 e. The van der Waals surface area contributed by atoms with Crippen molar-refractivity contribution in [2.24, 2.45) is 0 Å². The molecule has 2 aromatic carbocycles. The van der Waals surface area contributed by atoms with Crippen molar-refractivity contribution in [2.75, 3.05) is 30.8 Å². The summed E-state index contributed by atoms with van der Waals surface area (Å²) < 4.78 is 25.1. The molecule has 1 amide bonds. The van der Waals surface area contributed by atoms with Gasteiger partial charge in [0.05, 0.1) is 11.8 Å². The molecule has 2 aliphatic heterocycles. The van der Waals surface area contributed by atoms with Crippen LogP contribution in [-0.4, -0.2) is 46.5 Å². The summed E-state index contributed by atoms with van der Waals surface area (Å²) in [5.74, 6) is 1.66. The summed E-state index contributed by atoms with van der Waals surface area (Å²) in [5, 5.41) is 12.2. The van der Waals surface area contributed by atoms with Crippen LogP contribution in [0.2, 0.25) is 0 Å². The minimum absolute atomic E-state index is 0.0521. The van der Waals surface area contributed by atoms with Crippen LogP contribution < -0.4 is 14.8 Å². The van der Waals surface area contributed by atoms with Crippen LogP contribution in [0.5, 0.6) is 11.5 Å². The standard InChI is InChI=1S/C23H23FN4O3S2/c24-17-6-3-15(4-7-17)13-25-22-26-27-23(33-22)32-14-21(29)28-9-1-2-18(28)16-5-8-19-20(12-16)31-11-10-30-19/h3-8,12,18H,1-2,9-11,13-14H2,(H,25,26)/t18-/m0/s1. The fourth-order valence-corrected chi connectivity index (χ4v) is 5.64. The van der Waals surface area contributed by atoms with Crippen molar-refractivity contribution >= 4 is 34.1 Å². The molecule has 0 aliphatic carbocycles. The Morgan fingerprint density at radius 1 is 1.15 bits per heavy atom. The van der Waals surface area contributed by atoms with E-state index in [9.17, 15) is 9.18 Å². The number of likely N-dealkylation sites (tertiary alicyclic amines) is 1. The number of hydrogen-bond donors (Lipinski definition) is 1. The van der Waals surface area contributed by atoms with E-state index in [-0.39, 0.29) is 17.8 Å². The van der Waals surface area contributed by atoms with Gasteiger partial charge in [0.15, 0.2) is 15.8 Å². The highest BCUT2D eigenvalue weighted by molar-refractivity contribution is 8.01. The van der Waals surface area contributed by atoms with Crippen molar-refractivity contribution in [3.8, 4) is 11.5 Å². The summed E-state index contributed by atoms with van der Waals surface area (Å²) in [6.45, 7) is 2.39. The number of nitrogens with zero attached hydrogens (tertiary/aromatic N) is 3. The van der Waals surface area contributed by atoms with Crippen molar-refractivity contribution in [3.63, 3.8) is 0 Å². The third kappa shape index (κ3) is 5.22. The number of benzene rings is 2. The number of nitrogens with one attached hydrogen (secondary N) is 1. The number of fused-ring (bicyclic) bond motifs is 1. The van der Waals surface area contributed by atoms with E-state index < -0.39 is 0 Å². The number of rotatable bonds is 7. The Morgan fingerprint density at radius 2 is 1.97 bits per heavy atom. The molecule has 172 valence electrons. The molecule has 0 bridgehead atoms. The van der Waals surface area contributed by atoms with E-state index >= 15 is 0 Å². The largest absolute Gasteiger partial charge is 0.486 e. The van der Waals surface area contributed by atoms with E-state index in [1.807, 2.05) is 23.1 Å². The molecule has 5 rings (SSSR count). The molecule has 7 nitrogen and oxygen atoms in total. The van der Waals surface area contributed by atoms with Crippen molar-refractivity contribution < 1.29 is 18.7 Å². The van der Waals surface area contributed by atoms with E-state index in [4.69, 9.17) is 9.47 Å². The van der Waals surface area contributed by atoms with Gasteiger partial charge in [0.25, 0.3) is 0 Å². The van der Waals surface area contributed by atoms with Gasteiger partial charge >= 0.3 is 0 Å². The summed E-state index contributed by atoms with van der Waals surface area (Å²) in [4.78, 5) is 14.9.